The van der Waals surface area contributed by atoms with Crippen molar-refractivity contribution in [1.82, 2.24) is 9.80 Å². The smallest absolute Gasteiger partial charge is 0.336 e. The van der Waals surface area contributed by atoms with Crippen LogP contribution >= 0.6 is 0 Å². The van der Waals surface area contributed by atoms with Gasteiger partial charge in [0.25, 0.3) is 0 Å². The minimum atomic E-state index is -2.74. The molecular weight excluding hydrogens is 544 g/mol. The van der Waals surface area contributed by atoms with Crippen molar-refractivity contribution in [2.75, 3.05) is 33.7 Å². The van der Waals surface area contributed by atoms with Crippen molar-refractivity contribution < 1.29 is 44.3 Å². The van der Waals surface area contributed by atoms with E-state index in [2.05, 4.69) is 60.4 Å². The first kappa shape index (κ1) is 32.7. The normalized spacial score (nSPS) is 16.6. The van der Waals surface area contributed by atoms with Crippen molar-refractivity contribution in [3.05, 3.63) is 70.8 Å². The number of aryl methyl sites for hydroxylation is 1. The van der Waals surface area contributed by atoms with Crippen LogP contribution in [0, 0.1) is 12.8 Å². The van der Waals surface area contributed by atoms with Crippen molar-refractivity contribution in [2.45, 2.75) is 56.8 Å². The lowest BCUT2D eigenvalue weighted by atomic mass is 9.83. The van der Waals surface area contributed by atoms with Crippen LogP contribution in [0.4, 0.5) is 0 Å². The van der Waals surface area contributed by atoms with Crippen LogP contribution in [0.1, 0.15) is 47.9 Å². The van der Waals surface area contributed by atoms with E-state index in [0.29, 0.717) is 0 Å². The van der Waals surface area contributed by atoms with E-state index in [1.54, 1.807) is 4.90 Å². The minimum Gasteiger partial charge on any atom is -0.481 e. The lowest BCUT2D eigenvalue weighted by Gasteiger charge is -2.40. The molecule has 0 aromatic heterocycles. The number of carboxylic acid groups (broad SMARTS) is 3. The second-order valence-electron chi connectivity index (χ2n) is 11.3. The van der Waals surface area contributed by atoms with Crippen LogP contribution in [0.5, 0.6) is 0 Å². The third-order valence-corrected chi connectivity index (χ3v) is 7.96. The number of carboxylic acids is 3. The topological polar surface area (TPSA) is 165 Å². The molecule has 2 aliphatic rings. The molecule has 4 rings (SSSR count). The number of benzene rings is 2. The fourth-order valence-corrected chi connectivity index (χ4v) is 5.62. The highest BCUT2D eigenvalue weighted by Crippen LogP contribution is 2.44. The van der Waals surface area contributed by atoms with Crippen molar-refractivity contribution in [3.63, 3.8) is 0 Å². The van der Waals surface area contributed by atoms with Crippen molar-refractivity contribution in [2.24, 2.45) is 5.92 Å². The highest BCUT2D eigenvalue weighted by molar-refractivity contribution is 5.88. The summed E-state index contributed by atoms with van der Waals surface area (Å²) in [6.45, 7) is 5.61. The number of fused-ring (bicyclic) bond motifs is 2. The quantitative estimate of drug-likeness (QED) is 0.326. The van der Waals surface area contributed by atoms with E-state index in [1.807, 2.05) is 14.1 Å². The molecule has 2 aromatic carbocycles. The zero-order valence-corrected chi connectivity index (χ0v) is 24.3. The van der Waals surface area contributed by atoms with Gasteiger partial charge >= 0.3 is 17.9 Å². The lowest BCUT2D eigenvalue weighted by Crippen LogP contribution is -2.46. The van der Waals surface area contributed by atoms with Gasteiger partial charge in [0.05, 0.1) is 31.0 Å². The van der Waals surface area contributed by atoms with Crippen LogP contribution in [0.2, 0.25) is 0 Å². The Hall–Kier alpha value is -3.80. The van der Waals surface area contributed by atoms with Crippen LogP contribution < -0.4 is 0 Å². The Kier molecular flexibility index (Phi) is 10.8. The number of piperidine rings is 1. The Labute approximate surface area is 245 Å². The average Bonchev–Trinajstić information content (AvgIpc) is 3.27. The van der Waals surface area contributed by atoms with Gasteiger partial charge in [0.15, 0.2) is 5.60 Å². The number of ether oxygens (including phenoxy) is 1. The van der Waals surface area contributed by atoms with Gasteiger partial charge in [-0.3, -0.25) is 14.4 Å². The van der Waals surface area contributed by atoms with E-state index in [4.69, 9.17) is 25.2 Å². The fourth-order valence-electron chi connectivity index (χ4n) is 5.62. The standard InChI is InChI=1S/C25H32N2O2.C6H8O7/c1-19-8-4-5-9-20(19)16-22(24(28)26(2)3)17-27-14-12-25(13-15-27)23-11-7-6-10-21(23)18-29-25;7-3(8)1-6(13,5(11)12)2-4(9)10/h4-11,22H,12-18H2,1-3H3;13H,1-2H2,(H,7,8)(H,9,10)(H,11,12). The van der Waals surface area contributed by atoms with Gasteiger partial charge in [0.1, 0.15) is 0 Å². The summed E-state index contributed by atoms with van der Waals surface area (Å²) in [5.74, 6) is -4.82. The van der Waals surface area contributed by atoms with E-state index in [-0.39, 0.29) is 17.4 Å². The molecule has 1 fully saturated rings. The van der Waals surface area contributed by atoms with Gasteiger partial charge in [0, 0.05) is 33.7 Å². The van der Waals surface area contributed by atoms with Crippen LogP contribution in [0.25, 0.3) is 0 Å². The molecule has 0 aliphatic carbocycles. The predicted molar refractivity (Wildman–Crippen MR) is 153 cm³/mol. The van der Waals surface area contributed by atoms with E-state index in [1.165, 1.54) is 22.3 Å². The highest BCUT2D eigenvalue weighted by atomic mass is 16.5. The Balaban J connectivity index is 0.000000316. The Morgan fingerprint density at radius 1 is 0.952 bits per heavy atom. The first-order chi connectivity index (χ1) is 19.8. The number of aliphatic carboxylic acids is 3. The maximum Gasteiger partial charge on any atom is 0.336 e. The number of aliphatic hydroxyl groups is 1. The number of carbonyl (C=O) groups is 4. The molecule has 0 saturated carbocycles. The van der Waals surface area contributed by atoms with Crippen molar-refractivity contribution in [1.29, 1.82) is 0 Å². The van der Waals surface area contributed by atoms with Crippen LogP contribution in [-0.4, -0.2) is 93.4 Å². The second kappa shape index (κ2) is 13.9. The van der Waals surface area contributed by atoms with E-state index in [0.717, 1.165) is 45.5 Å². The molecule has 0 radical (unpaired) electrons. The maximum absolute atomic E-state index is 12.9. The van der Waals surface area contributed by atoms with Gasteiger partial charge in [-0.15, -0.1) is 0 Å². The lowest BCUT2D eigenvalue weighted by molar-refractivity contribution is -0.170. The molecule has 0 bridgehead atoms. The summed E-state index contributed by atoms with van der Waals surface area (Å²) in [6, 6.07) is 17.0. The van der Waals surface area contributed by atoms with E-state index in [9.17, 15) is 19.2 Å². The van der Waals surface area contributed by atoms with Gasteiger partial charge < -0.3 is 35.0 Å². The summed E-state index contributed by atoms with van der Waals surface area (Å²) >= 11 is 0. The first-order valence-electron chi connectivity index (χ1n) is 13.9. The number of amides is 1. The van der Waals surface area contributed by atoms with E-state index >= 15 is 0 Å². The van der Waals surface area contributed by atoms with Gasteiger partial charge in [-0.05, 0) is 48.4 Å². The highest BCUT2D eigenvalue weighted by Gasteiger charge is 2.43. The minimum absolute atomic E-state index is 0.0167. The zero-order valence-electron chi connectivity index (χ0n) is 24.3. The first-order valence-corrected chi connectivity index (χ1v) is 13.9. The summed E-state index contributed by atoms with van der Waals surface area (Å²) in [4.78, 5) is 47.6. The molecule has 1 amide bonds. The summed E-state index contributed by atoms with van der Waals surface area (Å²) in [5.41, 5.74) is 2.38. The number of likely N-dealkylation sites (tertiary alicyclic amines) is 1. The zero-order chi connectivity index (χ0) is 31.1. The predicted octanol–water partition coefficient (Wildman–Crippen LogP) is 2.51. The molecular formula is C31H40N2O9. The molecule has 42 heavy (non-hydrogen) atoms. The number of hydrogen-bond acceptors (Lipinski definition) is 7. The molecule has 2 aliphatic heterocycles. The molecule has 11 nitrogen and oxygen atoms in total. The number of carbonyl (C=O) groups excluding carboxylic acids is 1. The maximum atomic E-state index is 12.9. The molecule has 228 valence electrons. The van der Waals surface area contributed by atoms with E-state index < -0.39 is 36.4 Å². The number of rotatable bonds is 10. The summed E-state index contributed by atoms with van der Waals surface area (Å²) < 4.78 is 6.30. The molecule has 1 unspecified atom stereocenters. The van der Waals surface area contributed by atoms with Crippen LogP contribution in [-0.2, 0) is 42.5 Å². The SMILES string of the molecule is Cc1ccccc1CC(CN1CCC2(CC1)OCc1ccccc12)C(=O)N(C)C.O=C(O)CC(O)(CC(=O)O)C(=O)O. The molecule has 1 spiro atoms. The number of nitrogens with zero attached hydrogens (tertiary/aromatic N) is 2. The summed E-state index contributed by atoms with van der Waals surface area (Å²) in [6.07, 6.45) is 0.502. The molecule has 2 heterocycles. The number of hydrogen-bond donors (Lipinski definition) is 4. The Bertz CT molecular complexity index is 1270. The Morgan fingerprint density at radius 2 is 1.52 bits per heavy atom. The van der Waals surface area contributed by atoms with Crippen molar-refractivity contribution in [3.8, 4) is 0 Å². The van der Waals surface area contributed by atoms with Gasteiger partial charge in [0.2, 0.25) is 5.91 Å². The largest absolute Gasteiger partial charge is 0.481 e. The average molecular weight is 585 g/mol. The molecule has 2 aromatic rings. The van der Waals surface area contributed by atoms with Gasteiger partial charge in [-0.1, -0.05) is 48.5 Å². The third-order valence-electron chi connectivity index (χ3n) is 7.96. The second-order valence-corrected chi connectivity index (χ2v) is 11.3. The molecule has 4 N–H and O–H groups in total. The fraction of sp³-hybridized carbons (Fsp3) is 0.484. The Morgan fingerprint density at radius 3 is 2.07 bits per heavy atom. The van der Waals surface area contributed by atoms with Gasteiger partial charge in [-0.2, -0.15) is 0 Å². The van der Waals surface area contributed by atoms with Crippen LogP contribution in [0.15, 0.2) is 48.5 Å². The molecule has 1 atom stereocenters. The monoisotopic (exact) mass is 584 g/mol. The summed E-state index contributed by atoms with van der Waals surface area (Å²) in [7, 11) is 3.73. The van der Waals surface area contributed by atoms with Gasteiger partial charge in [-0.25, -0.2) is 4.79 Å². The molecule has 1 saturated heterocycles. The molecule has 11 heteroatoms. The van der Waals surface area contributed by atoms with Crippen molar-refractivity contribution >= 4 is 23.8 Å². The van der Waals surface area contributed by atoms with Crippen LogP contribution in [0.3, 0.4) is 0 Å². The summed E-state index contributed by atoms with van der Waals surface area (Å²) in [5, 5.41) is 33.8. The third kappa shape index (κ3) is 8.15.